The number of para-hydroxylation sites is 1. The predicted molar refractivity (Wildman–Crippen MR) is 96.6 cm³/mol. The molecule has 2 amide bonds. The quantitative estimate of drug-likeness (QED) is 0.847. The number of nitrogens with zero attached hydrogens (tertiary/aromatic N) is 2. The van der Waals surface area contributed by atoms with E-state index in [1.165, 1.54) is 0 Å². The first-order valence-electron chi connectivity index (χ1n) is 9.26. The molecule has 3 rings (SSSR count). The fourth-order valence-corrected chi connectivity index (χ4v) is 3.96. The zero-order valence-corrected chi connectivity index (χ0v) is 15.5. The topological polar surface area (TPSA) is 49.9 Å². The molecule has 25 heavy (non-hydrogen) atoms. The summed E-state index contributed by atoms with van der Waals surface area (Å²) in [5.74, 6) is 1.09. The van der Waals surface area contributed by atoms with Crippen LogP contribution in [0.1, 0.15) is 43.7 Å². The van der Waals surface area contributed by atoms with Gasteiger partial charge in [-0.3, -0.25) is 9.59 Å². The number of rotatable bonds is 3. The van der Waals surface area contributed by atoms with Crippen LogP contribution in [0.5, 0.6) is 5.75 Å². The van der Waals surface area contributed by atoms with E-state index in [-0.39, 0.29) is 24.0 Å². The van der Waals surface area contributed by atoms with Crippen LogP contribution in [0, 0.1) is 13.8 Å². The van der Waals surface area contributed by atoms with Gasteiger partial charge in [-0.25, -0.2) is 0 Å². The lowest BCUT2D eigenvalue weighted by Gasteiger charge is -2.35. The molecule has 1 atom stereocenters. The maximum absolute atomic E-state index is 12.8. The number of amides is 2. The van der Waals surface area contributed by atoms with E-state index in [1.54, 1.807) is 11.8 Å². The number of ether oxygens (including phenoxy) is 1. The van der Waals surface area contributed by atoms with Gasteiger partial charge in [0.2, 0.25) is 11.8 Å². The molecule has 5 nitrogen and oxygen atoms in total. The molecule has 2 aliphatic heterocycles. The van der Waals surface area contributed by atoms with Crippen LogP contribution in [0.3, 0.4) is 0 Å². The molecule has 0 radical (unpaired) electrons. The fraction of sp³-hybridized carbons (Fsp3) is 0.600. The van der Waals surface area contributed by atoms with Crippen LogP contribution in [0.4, 0.5) is 0 Å². The number of carbonyl (C=O) groups is 2. The number of aryl methyl sites for hydroxylation is 2. The average molecular weight is 344 g/mol. The predicted octanol–water partition coefficient (Wildman–Crippen LogP) is 2.68. The Bertz CT molecular complexity index is 630. The minimum Gasteiger partial charge on any atom is -0.490 e. The average Bonchev–Trinajstić information content (AvgIpc) is 3.08. The molecule has 0 aromatic heterocycles. The van der Waals surface area contributed by atoms with E-state index in [0.717, 1.165) is 42.6 Å². The summed E-state index contributed by atoms with van der Waals surface area (Å²) in [5, 5.41) is 0. The summed E-state index contributed by atoms with van der Waals surface area (Å²) in [5.41, 5.74) is 2.31. The number of likely N-dealkylation sites (tertiary alicyclic amines) is 2. The van der Waals surface area contributed by atoms with Crippen molar-refractivity contribution in [2.45, 2.75) is 58.6 Å². The zero-order chi connectivity index (χ0) is 18.0. The van der Waals surface area contributed by atoms with Crippen molar-refractivity contribution >= 4 is 11.8 Å². The van der Waals surface area contributed by atoms with Crippen LogP contribution >= 0.6 is 0 Å². The van der Waals surface area contributed by atoms with Crippen molar-refractivity contribution in [3.05, 3.63) is 29.3 Å². The minimum atomic E-state index is -0.256. The Balaban J connectivity index is 1.57. The normalized spacial score (nSPS) is 21.5. The lowest BCUT2D eigenvalue weighted by molar-refractivity contribution is -0.144. The van der Waals surface area contributed by atoms with Gasteiger partial charge in [-0.2, -0.15) is 0 Å². The summed E-state index contributed by atoms with van der Waals surface area (Å²) in [6.07, 6.45) is 3.54. The smallest absolute Gasteiger partial charge is 0.245 e. The maximum Gasteiger partial charge on any atom is 0.245 e. The van der Waals surface area contributed by atoms with Gasteiger partial charge >= 0.3 is 0 Å². The summed E-state index contributed by atoms with van der Waals surface area (Å²) in [6.45, 7) is 7.80. The molecule has 0 aliphatic carbocycles. The van der Waals surface area contributed by atoms with E-state index in [0.29, 0.717) is 19.6 Å². The number of benzene rings is 1. The van der Waals surface area contributed by atoms with Gasteiger partial charge in [0.1, 0.15) is 17.9 Å². The van der Waals surface area contributed by atoms with E-state index in [1.807, 2.05) is 11.0 Å². The van der Waals surface area contributed by atoms with Crippen LogP contribution in [0.15, 0.2) is 18.2 Å². The summed E-state index contributed by atoms with van der Waals surface area (Å²) in [4.78, 5) is 28.1. The Morgan fingerprint density at radius 3 is 2.28 bits per heavy atom. The molecule has 1 aromatic rings. The highest BCUT2D eigenvalue weighted by molar-refractivity contribution is 5.87. The van der Waals surface area contributed by atoms with Crippen molar-refractivity contribution in [2.75, 3.05) is 19.6 Å². The van der Waals surface area contributed by atoms with Crippen LogP contribution in [-0.2, 0) is 9.59 Å². The van der Waals surface area contributed by atoms with Crippen molar-refractivity contribution in [3.63, 3.8) is 0 Å². The lowest BCUT2D eigenvalue weighted by Crippen LogP contribution is -2.50. The number of hydrogen-bond donors (Lipinski definition) is 0. The lowest BCUT2D eigenvalue weighted by atomic mass is 10.0. The largest absolute Gasteiger partial charge is 0.490 e. The highest BCUT2D eigenvalue weighted by Gasteiger charge is 2.36. The molecular formula is C20H28N2O3. The second-order valence-corrected chi connectivity index (χ2v) is 7.23. The Morgan fingerprint density at radius 2 is 1.68 bits per heavy atom. The van der Waals surface area contributed by atoms with Gasteiger partial charge in [-0.15, -0.1) is 0 Å². The summed E-state index contributed by atoms with van der Waals surface area (Å²) in [7, 11) is 0. The molecule has 136 valence electrons. The van der Waals surface area contributed by atoms with Crippen LogP contribution in [0.2, 0.25) is 0 Å². The van der Waals surface area contributed by atoms with Crippen molar-refractivity contribution in [2.24, 2.45) is 0 Å². The van der Waals surface area contributed by atoms with Gasteiger partial charge in [-0.05, 0) is 37.8 Å². The van der Waals surface area contributed by atoms with Crippen LogP contribution in [-0.4, -0.2) is 53.4 Å². The zero-order valence-electron chi connectivity index (χ0n) is 15.5. The third-order valence-electron chi connectivity index (χ3n) is 5.39. The molecule has 2 heterocycles. The second-order valence-electron chi connectivity index (χ2n) is 7.23. The number of piperidine rings is 1. The van der Waals surface area contributed by atoms with Crippen molar-refractivity contribution < 1.29 is 14.3 Å². The number of carbonyl (C=O) groups excluding carboxylic acids is 2. The van der Waals surface area contributed by atoms with Gasteiger partial charge < -0.3 is 14.5 Å². The molecule has 2 saturated heterocycles. The monoisotopic (exact) mass is 344 g/mol. The first-order chi connectivity index (χ1) is 12.0. The molecule has 0 N–H and O–H groups in total. The van der Waals surface area contributed by atoms with Crippen LogP contribution < -0.4 is 4.74 Å². The second kappa shape index (κ2) is 7.46. The molecular weight excluding hydrogens is 316 g/mol. The summed E-state index contributed by atoms with van der Waals surface area (Å²) >= 11 is 0. The van der Waals surface area contributed by atoms with Crippen molar-refractivity contribution in [1.82, 2.24) is 9.80 Å². The third-order valence-corrected chi connectivity index (χ3v) is 5.39. The third kappa shape index (κ3) is 3.80. The van der Waals surface area contributed by atoms with E-state index in [2.05, 4.69) is 26.0 Å². The van der Waals surface area contributed by atoms with Crippen molar-refractivity contribution in [3.8, 4) is 5.75 Å². The Kier molecular flexibility index (Phi) is 5.30. The molecule has 2 fully saturated rings. The van der Waals surface area contributed by atoms with Gasteiger partial charge in [0.25, 0.3) is 0 Å². The molecule has 1 aromatic carbocycles. The van der Waals surface area contributed by atoms with Gasteiger partial charge in [0, 0.05) is 39.4 Å². The first-order valence-corrected chi connectivity index (χ1v) is 9.26. The minimum absolute atomic E-state index is 0.00379. The highest BCUT2D eigenvalue weighted by atomic mass is 16.5. The SMILES string of the molecule is CC(=O)N1CCC[C@H]1C(=O)N1CCC(Oc2c(C)cccc2C)CC1. The maximum atomic E-state index is 12.8. The standard InChI is InChI=1S/C20H28N2O3/c1-14-6-4-7-15(2)19(14)25-17-9-12-21(13-10-17)20(24)18-8-5-11-22(18)16(3)23/h4,6-7,17-18H,5,8-13H2,1-3H3/t18-/m0/s1. The van der Waals surface area contributed by atoms with Gasteiger partial charge in [-0.1, -0.05) is 18.2 Å². The Morgan fingerprint density at radius 1 is 1.04 bits per heavy atom. The molecule has 2 aliphatic rings. The molecule has 0 bridgehead atoms. The summed E-state index contributed by atoms with van der Waals surface area (Å²) in [6, 6.07) is 5.92. The van der Waals surface area contributed by atoms with Gasteiger partial charge in [0.15, 0.2) is 0 Å². The fourth-order valence-electron chi connectivity index (χ4n) is 3.96. The number of hydrogen-bond acceptors (Lipinski definition) is 3. The van der Waals surface area contributed by atoms with Crippen molar-refractivity contribution in [1.29, 1.82) is 0 Å². The Labute approximate surface area is 149 Å². The van der Waals surface area contributed by atoms with E-state index in [4.69, 9.17) is 4.74 Å². The van der Waals surface area contributed by atoms with E-state index >= 15 is 0 Å². The Hall–Kier alpha value is -2.04. The molecule has 0 spiro atoms. The molecule has 0 saturated carbocycles. The van der Waals surface area contributed by atoms with E-state index in [9.17, 15) is 9.59 Å². The van der Waals surface area contributed by atoms with Gasteiger partial charge in [0.05, 0.1) is 0 Å². The highest BCUT2D eigenvalue weighted by Crippen LogP contribution is 2.27. The molecule has 0 unspecified atom stereocenters. The van der Waals surface area contributed by atoms with E-state index < -0.39 is 0 Å². The first kappa shape index (κ1) is 17.8. The van der Waals surface area contributed by atoms with Crippen LogP contribution in [0.25, 0.3) is 0 Å². The molecule has 5 heteroatoms. The summed E-state index contributed by atoms with van der Waals surface area (Å²) < 4.78 is 6.23.